The van der Waals surface area contributed by atoms with Gasteiger partial charge in [0.25, 0.3) is 0 Å². The molecule has 1 rings (SSSR count). The maximum absolute atomic E-state index is 11.5. The number of ether oxygens (including phenoxy) is 1. The average Bonchev–Trinajstić information content (AvgIpc) is 2.29. The third-order valence-electron chi connectivity index (χ3n) is 2.09. The lowest BCUT2D eigenvalue weighted by Gasteiger charge is -2.23. The molecule has 1 aliphatic rings. The first-order valence-corrected chi connectivity index (χ1v) is 4.85. The van der Waals surface area contributed by atoms with Crippen molar-refractivity contribution in [2.75, 3.05) is 6.54 Å². The molecule has 0 aromatic rings. The molecule has 80 valence electrons. The quantitative estimate of drug-likeness (QED) is 0.597. The highest BCUT2D eigenvalue weighted by atomic mass is 16.6. The summed E-state index contributed by atoms with van der Waals surface area (Å²) >= 11 is 0. The molecule has 0 N–H and O–H groups in total. The summed E-state index contributed by atoms with van der Waals surface area (Å²) in [6, 6.07) is 0. The standard InChI is InChI=1S/C10H17NO3/c1-7-5-6-11(8(7)12)9(13)14-10(2,3)4/h7H,5-6H2,1-4H3/t7-/m0/s1. The molecule has 0 unspecified atom stereocenters. The fourth-order valence-corrected chi connectivity index (χ4v) is 1.32. The van der Waals surface area contributed by atoms with Crippen LogP contribution in [0.1, 0.15) is 34.1 Å². The van der Waals surface area contributed by atoms with Crippen molar-refractivity contribution in [3.63, 3.8) is 0 Å². The molecule has 1 atom stereocenters. The summed E-state index contributed by atoms with van der Waals surface area (Å²) in [7, 11) is 0. The number of carbonyl (C=O) groups is 2. The van der Waals surface area contributed by atoms with Gasteiger partial charge in [0.1, 0.15) is 5.60 Å². The summed E-state index contributed by atoms with van der Waals surface area (Å²) in [6.07, 6.45) is 0.213. The molecule has 14 heavy (non-hydrogen) atoms. The van der Waals surface area contributed by atoms with E-state index in [0.717, 1.165) is 6.42 Å². The molecule has 0 bridgehead atoms. The normalized spacial score (nSPS) is 22.7. The van der Waals surface area contributed by atoms with Crippen LogP contribution in [0.2, 0.25) is 0 Å². The van der Waals surface area contributed by atoms with Gasteiger partial charge >= 0.3 is 6.09 Å². The zero-order chi connectivity index (χ0) is 10.9. The lowest BCUT2D eigenvalue weighted by atomic mass is 10.1. The number of amides is 2. The Balaban J connectivity index is 2.59. The van der Waals surface area contributed by atoms with Gasteiger partial charge in [0, 0.05) is 12.5 Å². The van der Waals surface area contributed by atoms with E-state index in [9.17, 15) is 9.59 Å². The number of imide groups is 1. The van der Waals surface area contributed by atoms with Crippen molar-refractivity contribution in [3.8, 4) is 0 Å². The highest BCUT2D eigenvalue weighted by molar-refractivity contribution is 5.94. The van der Waals surface area contributed by atoms with E-state index in [4.69, 9.17) is 4.74 Å². The number of nitrogens with zero attached hydrogens (tertiary/aromatic N) is 1. The van der Waals surface area contributed by atoms with Crippen LogP contribution in [0.15, 0.2) is 0 Å². The second kappa shape index (κ2) is 3.59. The van der Waals surface area contributed by atoms with Crippen molar-refractivity contribution < 1.29 is 14.3 Å². The Morgan fingerprint density at radius 2 is 2.07 bits per heavy atom. The van der Waals surface area contributed by atoms with Gasteiger partial charge in [-0.1, -0.05) is 6.92 Å². The minimum atomic E-state index is -0.539. The van der Waals surface area contributed by atoms with Crippen LogP contribution in [-0.2, 0) is 9.53 Å². The summed E-state index contributed by atoms with van der Waals surface area (Å²) in [5.41, 5.74) is -0.539. The second-order valence-corrected chi connectivity index (χ2v) is 4.66. The van der Waals surface area contributed by atoms with Crippen LogP contribution in [0.4, 0.5) is 4.79 Å². The number of likely N-dealkylation sites (tertiary alicyclic amines) is 1. The van der Waals surface area contributed by atoms with E-state index in [2.05, 4.69) is 0 Å². The van der Waals surface area contributed by atoms with E-state index in [1.54, 1.807) is 20.8 Å². The Labute approximate surface area is 84.2 Å². The van der Waals surface area contributed by atoms with Crippen LogP contribution in [0.5, 0.6) is 0 Å². The van der Waals surface area contributed by atoms with Crippen molar-refractivity contribution in [3.05, 3.63) is 0 Å². The van der Waals surface area contributed by atoms with E-state index in [1.807, 2.05) is 6.92 Å². The van der Waals surface area contributed by atoms with Gasteiger partial charge in [-0.15, -0.1) is 0 Å². The zero-order valence-electron chi connectivity index (χ0n) is 9.16. The Bertz CT molecular complexity index is 255. The average molecular weight is 199 g/mol. The van der Waals surface area contributed by atoms with Gasteiger partial charge in [0.15, 0.2) is 0 Å². The molecule has 1 heterocycles. The smallest absolute Gasteiger partial charge is 0.417 e. The van der Waals surface area contributed by atoms with E-state index in [-0.39, 0.29) is 11.8 Å². The van der Waals surface area contributed by atoms with Crippen molar-refractivity contribution in [1.82, 2.24) is 4.90 Å². The number of carbonyl (C=O) groups excluding carboxylic acids is 2. The predicted molar refractivity (Wildman–Crippen MR) is 51.7 cm³/mol. The molecule has 0 aromatic heterocycles. The molecule has 4 heteroatoms. The van der Waals surface area contributed by atoms with Crippen molar-refractivity contribution in [2.45, 2.75) is 39.7 Å². The van der Waals surface area contributed by atoms with E-state index < -0.39 is 11.7 Å². The largest absolute Gasteiger partial charge is 0.443 e. The Hall–Kier alpha value is -1.06. The molecule has 1 saturated heterocycles. The fraction of sp³-hybridized carbons (Fsp3) is 0.800. The molecule has 1 aliphatic heterocycles. The highest BCUT2D eigenvalue weighted by Gasteiger charge is 2.35. The molecule has 0 radical (unpaired) electrons. The van der Waals surface area contributed by atoms with E-state index in [0.29, 0.717) is 6.54 Å². The van der Waals surface area contributed by atoms with Gasteiger partial charge in [0.05, 0.1) is 0 Å². The monoisotopic (exact) mass is 199 g/mol. The first-order chi connectivity index (χ1) is 6.31. The van der Waals surface area contributed by atoms with Crippen LogP contribution >= 0.6 is 0 Å². The Morgan fingerprint density at radius 3 is 2.43 bits per heavy atom. The topological polar surface area (TPSA) is 46.6 Å². The molecule has 4 nitrogen and oxygen atoms in total. The first-order valence-electron chi connectivity index (χ1n) is 4.85. The SMILES string of the molecule is C[C@H]1CCN(C(=O)OC(C)(C)C)C1=O. The predicted octanol–water partition coefficient (Wildman–Crippen LogP) is 1.79. The van der Waals surface area contributed by atoms with Crippen molar-refractivity contribution in [2.24, 2.45) is 5.92 Å². The minimum Gasteiger partial charge on any atom is -0.443 e. The van der Waals surface area contributed by atoms with Crippen LogP contribution in [-0.4, -0.2) is 29.0 Å². The molecular formula is C10H17NO3. The van der Waals surface area contributed by atoms with Gasteiger partial charge in [-0.25, -0.2) is 9.69 Å². The van der Waals surface area contributed by atoms with Crippen LogP contribution in [0.3, 0.4) is 0 Å². The van der Waals surface area contributed by atoms with Crippen molar-refractivity contribution in [1.29, 1.82) is 0 Å². The number of hydrogen-bond acceptors (Lipinski definition) is 3. The summed E-state index contributed by atoms with van der Waals surface area (Å²) < 4.78 is 5.11. The maximum atomic E-state index is 11.5. The fourth-order valence-electron chi connectivity index (χ4n) is 1.32. The van der Waals surface area contributed by atoms with Crippen LogP contribution in [0, 0.1) is 5.92 Å². The van der Waals surface area contributed by atoms with E-state index in [1.165, 1.54) is 4.90 Å². The molecule has 2 amide bonds. The molecule has 0 aliphatic carbocycles. The number of rotatable bonds is 0. The Kier molecular flexibility index (Phi) is 2.83. The summed E-state index contributed by atoms with van der Waals surface area (Å²) in [5, 5.41) is 0. The highest BCUT2D eigenvalue weighted by Crippen LogP contribution is 2.19. The molecular weight excluding hydrogens is 182 g/mol. The second-order valence-electron chi connectivity index (χ2n) is 4.66. The minimum absolute atomic E-state index is 0.0532. The summed E-state index contributed by atoms with van der Waals surface area (Å²) in [4.78, 5) is 24.1. The Morgan fingerprint density at radius 1 is 1.50 bits per heavy atom. The first kappa shape index (κ1) is 11.0. The zero-order valence-corrected chi connectivity index (χ0v) is 9.16. The molecule has 0 aromatic carbocycles. The third-order valence-corrected chi connectivity index (χ3v) is 2.09. The van der Waals surface area contributed by atoms with Crippen LogP contribution in [0.25, 0.3) is 0 Å². The van der Waals surface area contributed by atoms with Gasteiger partial charge in [-0.05, 0) is 27.2 Å². The molecule has 0 spiro atoms. The molecule has 0 saturated carbocycles. The lowest BCUT2D eigenvalue weighted by molar-refractivity contribution is -0.129. The van der Waals surface area contributed by atoms with Crippen LogP contribution < -0.4 is 0 Å². The summed E-state index contributed by atoms with van der Waals surface area (Å²) in [6.45, 7) is 7.67. The number of hydrogen-bond donors (Lipinski definition) is 0. The van der Waals surface area contributed by atoms with Gasteiger partial charge in [-0.2, -0.15) is 0 Å². The third kappa shape index (κ3) is 2.47. The van der Waals surface area contributed by atoms with Gasteiger partial charge < -0.3 is 4.74 Å². The van der Waals surface area contributed by atoms with Gasteiger partial charge in [0.2, 0.25) is 5.91 Å². The maximum Gasteiger partial charge on any atom is 0.417 e. The molecule has 1 fully saturated rings. The summed E-state index contributed by atoms with van der Waals surface area (Å²) in [5.74, 6) is -0.179. The van der Waals surface area contributed by atoms with Gasteiger partial charge in [-0.3, -0.25) is 4.79 Å². The van der Waals surface area contributed by atoms with E-state index >= 15 is 0 Å². The van der Waals surface area contributed by atoms with Crippen molar-refractivity contribution >= 4 is 12.0 Å². The lowest BCUT2D eigenvalue weighted by Crippen LogP contribution is -2.38.